The van der Waals surface area contributed by atoms with Crippen molar-refractivity contribution in [2.45, 2.75) is 50.9 Å². The van der Waals surface area contributed by atoms with Crippen molar-refractivity contribution in [1.29, 1.82) is 5.26 Å². The highest BCUT2D eigenvalue weighted by molar-refractivity contribution is 8.05. The third-order valence-electron chi connectivity index (χ3n) is 6.46. The van der Waals surface area contributed by atoms with Crippen LogP contribution in [-0.2, 0) is 25.4 Å². The van der Waals surface area contributed by atoms with Crippen LogP contribution >= 0.6 is 11.8 Å². The fourth-order valence-corrected chi connectivity index (χ4v) is 6.76. The van der Waals surface area contributed by atoms with E-state index in [1.54, 1.807) is 26.2 Å². The van der Waals surface area contributed by atoms with Gasteiger partial charge in [0.15, 0.2) is 10.4 Å². The van der Waals surface area contributed by atoms with E-state index in [-0.39, 0.29) is 30.5 Å². The molecule has 0 aliphatic heterocycles. The number of nitriles is 1. The lowest BCUT2D eigenvalue weighted by atomic mass is 9.59. The van der Waals surface area contributed by atoms with E-state index in [0.717, 1.165) is 35.7 Å². The molecule has 148 valence electrons. The van der Waals surface area contributed by atoms with Crippen molar-refractivity contribution in [3.8, 4) is 5.40 Å². The van der Waals surface area contributed by atoms with Crippen LogP contribution < -0.4 is 0 Å². The third kappa shape index (κ3) is 2.91. The molecule has 1 spiro atoms. The van der Waals surface area contributed by atoms with Gasteiger partial charge in [0, 0.05) is 12.5 Å². The number of esters is 1. The van der Waals surface area contributed by atoms with Crippen molar-refractivity contribution in [2.75, 3.05) is 13.7 Å². The van der Waals surface area contributed by atoms with Crippen LogP contribution in [0.5, 0.6) is 0 Å². The zero-order valence-electron chi connectivity index (χ0n) is 16.8. The maximum Gasteiger partial charge on any atom is 0.328 e. The van der Waals surface area contributed by atoms with Gasteiger partial charge in [-0.2, -0.15) is 5.26 Å². The number of thioether (sulfide) groups is 1. The molecule has 1 saturated carbocycles. The van der Waals surface area contributed by atoms with Crippen molar-refractivity contribution in [1.82, 2.24) is 0 Å². The maximum absolute atomic E-state index is 13.5. The van der Waals surface area contributed by atoms with E-state index < -0.39 is 10.2 Å². The van der Waals surface area contributed by atoms with Crippen molar-refractivity contribution in [2.24, 2.45) is 17.3 Å². The average Bonchev–Trinajstić information content (AvgIpc) is 2.91. The average molecular weight is 399 g/mol. The summed E-state index contributed by atoms with van der Waals surface area (Å²) >= 11 is 1.00. The molecule has 1 aromatic rings. The summed E-state index contributed by atoms with van der Waals surface area (Å²) in [5.74, 6) is 0.130. The zero-order valence-corrected chi connectivity index (χ0v) is 17.6. The number of ether oxygens (including phenoxy) is 2. The van der Waals surface area contributed by atoms with Crippen LogP contribution in [0.2, 0.25) is 0 Å². The summed E-state index contributed by atoms with van der Waals surface area (Å²) in [7, 11) is 1.74. The number of benzene rings is 1. The maximum atomic E-state index is 13.5. The van der Waals surface area contributed by atoms with E-state index in [2.05, 4.69) is 24.1 Å². The Balaban J connectivity index is 2.23. The Morgan fingerprint density at radius 2 is 2.07 bits per heavy atom. The molecule has 6 heteroatoms. The first kappa shape index (κ1) is 20.7. The molecule has 5 atom stereocenters. The predicted octanol–water partition coefficient (Wildman–Crippen LogP) is 4.83. The first-order chi connectivity index (χ1) is 13.4. The number of thiocyanates is 1. The number of carbonyl (C=O) groups is 1. The highest BCUT2D eigenvalue weighted by Crippen LogP contribution is 2.66. The summed E-state index contributed by atoms with van der Waals surface area (Å²) in [6, 6.07) is 5.53. The highest BCUT2D eigenvalue weighted by Gasteiger charge is 2.66. The largest absolute Gasteiger partial charge is 0.465 e. The van der Waals surface area contributed by atoms with Gasteiger partial charge in [-0.05, 0) is 60.9 Å². The number of methoxy groups -OCH3 is 1. The number of hydrogen-bond donors (Lipinski definition) is 0. The molecule has 1 fully saturated rings. The molecule has 0 saturated heterocycles. The van der Waals surface area contributed by atoms with Gasteiger partial charge >= 0.3 is 5.97 Å². The molecular weight excluding hydrogens is 372 g/mol. The normalized spacial score (nSPS) is 33.7. The first-order valence-corrected chi connectivity index (χ1v) is 10.5. The van der Waals surface area contributed by atoms with E-state index in [1.165, 1.54) is 0 Å². The van der Waals surface area contributed by atoms with Crippen LogP contribution in [0.1, 0.15) is 44.7 Å². The lowest BCUT2D eigenvalue weighted by Crippen LogP contribution is -2.53. The van der Waals surface area contributed by atoms with Crippen molar-refractivity contribution in [3.05, 3.63) is 40.7 Å². The van der Waals surface area contributed by atoms with Crippen molar-refractivity contribution >= 4 is 23.4 Å². The quantitative estimate of drug-likeness (QED) is 0.413. The molecule has 2 unspecified atom stereocenters. The van der Waals surface area contributed by atoms with E-state index in [1.807, 2.05) is 6.07 Å². The van der Waals surface area contributed by atoms with E-state index >= 15 is 0 Å². The van der Waals surface area contributed by atoms with Gasteiger partial charge in [-0.25, -0.2) is 4.85 Å². The molecule has 2 aliphatic carbocycles. The van der Waals surface area contributed by atoms with Gasteiger partial charge in [0.25, 0.3) is 0 Å². The van der Waals surface area contributed by atoms with Gasteiger partial charge in [0.2, 0.25) is 0 Å². The number of fused-ring (bicyclic) bond motifs is 1. The van der Waals surface area contributed by atoms with Crippen LogP contribution in [0.3, 0.4) is 0 Å². The number of hydrogen-bond acceptors (Lipinski definition) is 5. The molecule has 28 heavy (non-hydrogen) atoms. The highest BCUT2D eigenvalue weighted by atomic mass is 32.2. The minimum Gasteiger partial charge on any atom is -0.465 e. The molecule has 2 aliphatic rings. The van der Waals surface area contributed by atoms with E-state index in [0.29, 0.717) is 12.1 Å². The van der Waals surface area contributed by atoms with Crippen LogP contribution in [0, 0.1) is 34.5 Å². The predicted molar refractivity (Wildman–Crippen MR) is 109 cm³/mol. The molecule has 0 N–H and O–H groups in total. The van der Waals surface area contributed by atoms with Gasteiger partial charge < -0.3 is 9.47 Å². The second kappa shape index (κ2) is 7.78. The number of nitrogens with zero attached hydrogens (tertiary/aromatic N) is 2. The Morgan fingerprint density at radius 1 is 1.39 bits per heavy atom. The second-order valence-corrected chi connectivity index (χ2v) is 9.07. The summed E-state index contributed by atoms with van der Waals surface area (Å²) in [6.07, 6.45) is 2.37. The molecule has 0 aromatic heterocycles. The van der Waals surface area contributed by atoms with Crippen LogP contribution in [-0.4, -0.2) is 25.8 Å². The van der Waals surface area contributed by atoms with Gasteiger partial charge in [0.1, 0.15) is 5.40 Å². The van der Waals surface area contributed by atoms with Crippen LogP contribution in [0.15, 0.2) is 18.2 Å². The number of rotatable bonds is 4. The Hall–Kier alpha value is -2.02. The molecule has 0 bridgehead atoms. The smallest absolute Gasteiger partial charge is 0.328 e. The minimum atomic E-state index is -1.12. The van der Waals surface area contributed by atoms with Gasteiger partial charge in [0.05, 0.1) is 19.3 Å². The standard InChI is InChI=1S/C22H26N2O3S/c1-6-27-20(25)22(28-13-23)18-9-17(24-4)8-7-16(18)12-21(22)10-14(2)19(26-5)15(3)11-21/h7-9,14-15,19H,6,10-12H2,1-3,5H3/t14-,15+,19?,21?,22-/m1/s1. The molecule has 1 aromatic carbocycles. The summed E-state index contributed by atoms with van der Waals surface area (Å²) < 4.78 is 10.2. The Morgan fingerprint density at radius 3 is 2.61 bits per heavy atom. The summed E-state index contributed by atoms with van der Waals surface area (Å²) in [6.45, 7) is 13.8. The SMILES string of the molecule is [C-]#[N+]c1ccc2c(c1)[C@@](SC#N)(C(=O)OCC)C1(C2)C[C@@H](C)C(OC)[C@@H](C)C1. The van der Waals surface area contributed by atoms with Crippen molar-refractivity contribution in [3.63, 3.8) is 0 Å². The third-order valence-corrected chi connectivity index (χ3v) is 7.68. The Kier molecular flexibility index (Phi) is 5.75. The van der Waals surface area contributed by atoms with E-state index in [4.69, 9.17) is 16.0 Å². The topological polar surface area (TPSA) is 63.7 Å². The molecule has 0 radical (unpaired) electrons. The fraction of sp³-hybridized carbons (Fsp3) is 0.591. The summed E-state index contributed by atoms with van der Waals surface area (Å²) in [5.41, 5.74) is 1.87. The van der Waals surface area contributed by atoms with Crippen molar-refractivity contribution < 1.29 is 14.3 Å². The molecule has 0 heterocycles. The van der Waals surface area contributed by atoms with Gasteiger partial charge in [-0.1, -0.05) is 32.0 Å². The Bertz CT molecular complexity index is 844. The van der Waals surface area contributed by atoms with E-state index in [9.17, 15) is 10.1 Å². The second-order valence-electron chi connectivity index (χ2n) is 8.07. The lowest BCUT2D eigenvalue weighted by Gasteiger charge is -2.51. The monoisotopic (exact) mass is 398 g/mol. The Labute approximate surface area is 171 Å². The zero-order chi connectivity index (χ0) is 20.5. The first-order valence-electron chi connectivity index (χ1n) is 9.67. The summed E-state index contributed by atoms with van der Waals surface area (Å²) in [5, 5.41) is 11.9. The molecule has 0 amide bonds. The molecular formula is C22H26N2O3S. The van der Waals surface area contributed by atoms with Gasteiger partial charge in [-0.15, -0.1) is 0 Å². The lowest BCUT2D eigenvalue weighted by molar-refractivity contribution is -0.154. The summed E-state index contributed by atoms with van der Waals surface area (Å²) in [4.78, 5) is 17.0. The minimum absolute atomic E-state index is 0.125. The molecule has 3 rings (SSSR count). The number of carbonyl (C=O) groups excluding carboxylic acids is 1. The van der Waals surface area contributed by atoms with Crippen LogP contribution in [0.4, 0.5) is 5.69 Å². The fourth-order valence-electron chi connectivity index (χ4n) is 5.73. The van der Waals surface area contributed by atoms with Crippen LogP contribution in [0.25, 0.3) is 4.85 Å². The van der Waals surface area contributed by atoms with Gasteiger partial charge in [-0.3, -0.25) is 4.79 Å². The molecule has 5 nitrogen and oxygen atoms in total.